The van der Waals surface area contributed by atoms with Crippen molar-refractivity contribution < 1.29 is 14.6 Å². The van der Waals surface area contributed by atoms with Crippen molar-refractivity contribution in [3.05, 3.63) is 24.3 Å². The zero-order chi connectivity index (χ0) is 17.6. The summed E-state index contributed by atoms with van der Waals surface area (Å²) in [5, 5.41) is 10.0. The minimum atomic E-state index is 0.113. The number of rotatable bonds is 5. The van der Waals surface area contributed by atoms with E-state index < -0.39 is 0 Å². The molecule has 2 aliphatic heterocycles. The average Bonchev–Trinajstić information content (AvgIpc) is 2.66. The van der Waals surface area contributed by atoms with E-state index in [1.165, 1.54) is 0 Å². The molecule has 2 saturated heterocycles. The van der Waals surface area contributed by atoms with Crippen LogP contribution in [0.4, 0.5) is 5.69 Å². The van der Waals surface area contributed by atoms with Crippen molar-refractivity contribution in [2.45, 2.75) is 12.8 Å². The van der Waals surface area contributed by atoms with E-state index in [-0.39, 0.29) is 5.92 Å². The second-order valence-corrected chi connectivity index (χ2v) is 6.93. The van der Waals surface area contributed by atoms with Crippen molar-refractivity contribution in [2.24, 2.45) is 5.92 Å². The van der Waals surface area contributed by atoms with Gasteiger partial charge in [0.15, 0.2) is 0 Å². The van der Waals surface area contributed by atoms with Gasteiger partial charge in [-0.3, -0.25) is 4.79 Å². The van der Waals surface area contributed by atoms with Gasteiger partial charge in [0.1, 0.15) is 5.75 Å². The van der Waals surface area contributed by atoms with Gasteiger partial charge in [-0.1, -0.05) is 12.1 Å². The number of para-hydroxylation sites is 2. The SMILES string of the molecule is COCCN1CCC[C@@H](C(=O)N2CCN(c3ccccc3O)CC2)C1. The highest BCUT2D eigenvalue weighted by molar-refractivity contribution is 5.79. The number of hydrogen-bond acceptors (Lipinski definition) is 5. The van der Waals surface area contributed by atoms with E-state index in [9.17, 15) is 9.90 Å². The molecule has 0 bridgehead atoms. The minimum absolute atomic E-state index is 0.113. The van der Waals surface area contributed by atoms with Gasteiger partial charge in [-0.25, -0.2) is 0 Å². The van der Waals surface area contributed by atoms with Crippen LogP contribution in [0.2, 0.25) is 0 Å². The number of carbonyl (C=O) groups is 1. The molecule has 0 radical (unpaired) electrons. The second-order valence-electron chi connectivity index (χ2n) is 6.93. The van der Waals surface area contributed by atoms with Gasteiger partial charge in [0, 0.05) is 46.4 Å². The second kappa shape index (κ2) is 8.54. The Kier molecular flexibility index (Phi) is 6.15. The Hall–Kier alpha value is -1.79. The van der Waals surface area contributed by atoms with Gasteiger partial charge in [0.2, 0.25) is 5.91 Å². The number of piperidine rings is 1. The highest BCUT2D eigenvalue weighted by Crippen LogP contribution is 2.28. The van der Waals surface area contributed by atoms with Crippen molar-refractivity contribution in [2.75, 3.05) is 64.4 Å². The number of benzene rings is 1. The van der Waals surface area contributed by atoms with Crippen LogP contribution in [0.15, 0.2) is 24.3 Å². The van der Waals surface area contributed by atoms with Crippen LogP contribution >= 0.6 is 0 Å². The summed E-state index contributed by atoms with van der Waals surface area (Å²) in [6, 6.07) is 7.41. The molecule has 1 aromatic rings. The summed E-state index contributed by atoms with van der Waals surface area (Å²) in [4.78, 5) is 19.4. The Morgan fingerprint density at radius 1 is 1.20 bits per heavy atom. The summed E-state index contributed by atoms with van der Waals surface area (Å²) in [7, 11) is 1.72. The molecule has 138 valence electrons. The zero-order valence-corrected chi connectivity index (χ0v) is 15.1. The fraction of sp³-hybridized carbons (Fsp3) is 0.632. The van der Waals surface area contributed by atoms with Gasteiger partial charge in [-0.05, 0) is 31.5 Å². The molecule has 6 nitrogen and oxygen atoms in total. The Labute approximate surface area is 150 Å². The highest BCUT2D eigenvalue weighted by atomic mass is 16.5. The zero-order valence-electron chi connectivity index (χ0n) is 15.1. The summed E-state index contributed by atoms with van der Waals surface area (Å²) in [5.41, 5.74) is 0.859. The Morgan fingerprint density at radius 2 is 1.96 bits per heavy atom. The molecule has 25 heavy (non-hydrogen) atoms. The average molecular weight is 347 g/mol. The van der Waals surface area contributed by atoms with Crippen molar-refractivity contribution >= 4 is 11.6 Å². The van der Waals surface area contributed by atoms with Crippen LogP contribution in [0.1, 0.15) is 12.8 Å². The van der Waals surface area contributed by atoms with Crippen molar-refractivity contribution in [3.8, 4) is 5.75 Å². The van der Waals surface area contributed by atoms with Gasteiger partial charge >= 0.3 is 0 Å². The number of aromatic hydroxyl groups is 1. The topological polar surface area (TPSA) is 56.2 Å². The molecule has 2 heterocycles. The summed E-state index contributed by atoms with van der Waals surface area (Å²) >= 11 is 0. The first-order valence-corrected chi connectivity index (χ1v) is 9.22. The molecule has 0 unspecified atom stereocenters. The van der Waals surface area contributed by atoms with Crippen molar-refractivity contribution in [1.29, 1.82) is 0 Å². The normalized spacial score (nSPS) is 22.2. The van der Waals surface area contributed by atoms with Crippen molar-refractivity contribution in [1.82, 2.24) is 9.80 Å². The van der Waals surface area contributed by atoms with E-state index in [1.807, 2.05) is 23.1 Å². The molecule has 3 rings (SSSR count). The number of piperazine rings is 1. The molecule has 2 aliphatic rings. The quantitative estimate of drug-likeness (QED) is 0.873. The van der Waals surface area contributed by atoms with Gasteiger partial charge in [0.25, 0.3) is 0 Å². The number of nitrogens with zero attached hydrogens (tertiary/aromatic N) is 3. The van der Waals surface area contributed by atoms with Gasteiger partial charge in [0.05, 0.1) is 18.2 Å². The molecule has 1 atom stereocenters. The van der Waals surface area contributed by atoms with Gasteiger partial charge in [-0.15, -0.1) is 0 Å². The maximum absolute atomic E-state index is 12.9. The van der Waals surface area contributed by atoms with E-state index in [2.05, 4.69) is 9.80 Å². The number of hydrogen-bond donors (Lipinski definition) is 1. The summed E-state index contributed by atoms with van der Waals surface area (Å²) in [6.45, 7) is 6.52. The maximum Gasteiger partial charge on any atom is 0.227 e. The lowest BCUT2D eigenvalue weighted by Crippen LogP contribution is -2.52. The maximum atomic E-state index is 12.9. The number of carbonyl (C=O) groups excluding carboxylic acids is 1. The van der Waals surface area contributed by atoms with Gasteiger partial charge < -0.3 is 24.5 Å². The summed E-state index contributed by atoms with van der Waals surface area (Å²) < 4.78 is 5.16. The molecule has 1 N–H and O–H groups in total. The molecule has 0 saturated carbocycles. The van der Waals surface area contributed by atoms with Crippen LogP contribution in [-0.4, -0.2) is 80.3 Å². The Bertz CT molecular complexity index is 573. The third-order valence-corrected chi connectivity index (χ3v) is 5.28. The molecular weight excluding hydrogens is 318 g/mol. The van der Waals surface area contributed by atoms with E-state index in [0.29, 0.717) is 11.7 Å². The van der Waals surface area contributed by atoms with E-state index in [4.69, 9.17) is 4.74 Å². The molecule has 2 fully saturated rings. The van der Waals surface area contributed by atoms with Crippen LogP contribution < -0.4 is 4.90 Å². The number of methoxy groups -OCH3 is 1. The lowest BCUT2D eigenvalue weighted by Gasteiger charge is -2.39. The Balaban J connectivity index is 1.52. The molecule has 6 heteroatoms. The molecule has 1 amide bonds. The smallest absolute Gasteiger partial charge is 0.227 e. The molecule has 0 aromatic heterocycles. The van der Waals surface area contributed by atoms with Crippen LogP contribution in [-0.2, 0) is 9.53 Å². The molecular formula is C19H29N3O3. The first-order chi connectivity index (χ1) is 12.2. The van der Waals surface area contributed by atoms with E-state index >= 15 is 0 Å². The van der Waals surface area contributed by atoms with Gasteiger partial charge in [-0.2, -0.15) is 0 Å². The highest BCUT2D eigenvalue weighted by Gasteiger charge is 2.31. The molecule has 0 spiro atoms. The molecule has 1 aromatic carbocycles. The van der Waals surface area contributed by atoms with Crippen LogP contribution in [0, 0.1) is 5.92 Å². The molecule has 0 aliphatic carbocycles. The predicted molar refractivity (Wildman–Crippen MR) is 97.9 cm³/mol. The number of amides is 1. The minimum Gasteiger partial charge on any atom is -0.506 e. The number of likely N-dealkylation sites (tertiary alicyclic amines) is 1. The third kappa shape index (κ3) is 4.44. The number of phenolic OH excluding ortho intramolecular Hbond substituents is 1. The fourth-order valence-electron chi connectivity index (χ4n) is 3.84. The lowest BCUT2D eigenvalue weighted by molar-refractivity contribution is -0.137. The standard InChI is InChI=1S/C19H29N3O3/c1-25-14-13-20-8-4-5-16(15-20)19(24)22-11-9-21(10-12-22)17-6-2-3-7-18(17)23/h2-3,6-7,16,23H,4-5,8-15H2,1H3/t16-/m1/s1. The van der Waals surface area contributed by atoms with E-state index in [1.54, 1.807) is 13.2 Å². The first kappa shape index (κ1) is 18.0. The number of phenols is 1. The Morgan fingerprint density at radius 3 is 2.68 bits per heavy atom. The number of anilines is 1. The lowest BCUT2D eigenvalue weighted by atomic mass is 9.96. The monoisotopic (exact) mass is 347 g/mol. The van der Waals surface area contributed by atoms with E-state index in [0.717, 1.165) is 70.9 Å². The summed E-state index contributed by atoms with van der Waals surface area (Å²) in [6.07, 6.45) is 2.07. The van der Waals surface area contributed by atoms with Crippen LogP contribution in [0.5, 0.6) is 5.75 Å². The predicted octanol–water partition coefficient (Wildman–Crippen LogP) is 1.40. The van der Waals surface area contributed by atoms with Crippen LogP contribution in [0.25, 0.3) is 0 Å². The largest absolute Gasteiger partial charge is 0.506 e. The fourth-order valence-corrected chi connectivity index (χ4v) is 3.84. The van der Waals surface area contributed by atoms with Crippen LogP contribution in [0.3, 0.4) is 0 Å². The number of ether oxygens (including phenoxy) is 1. The van der Waals surface area contributed by atoms with Crippen molar-refractivity contribution in [3.63, 3.8) is 0 Å². The third-order valence-electron chi connectivity index (χ3n) is 5.28. The summed E-state index contributed by atoms with van der Waals surface area (Å²) in [5.74, 6) is 0.713. The first-order valence-electron chi connectivity index (χ1n) is 9.22.